The van der Waals surface area contributed by atoms with Gasteiger partial charge in [0, 0.05) is 12.3 Å². The van der Waals surface area contributed by atoms with Crippen LogP contribution >= 0.6 is 0 Å². The zero-order valence-electron chi connectivity index (χ0n) is 9.71. The molecule has 0 aliphatic rings. The van der Waals surface area contributed by atoms with Gasteiger partial charge in [0.15, 0.2) is 0 Å². The monoisotopic (exact) mass is 221 g/mol. The van der Waals surface area contributed by atoms with Crippen LogP contribution in [0.3, 0.4) is 0 Å². The Kier molecular flexibility index (Phi) is 6.36. The molecule has 0 aromatic rings. The molecule has 0 radical (unpaired) electrons. The normalized spacial score (nSPS) is 14.6. The standard InChI is InChI=1S/C10H23NO2S/c1-5-9(6-2)10(11-3)7-8-14(4,12)13/h9-11H,5-8H2,1-4H3. The van der Waals surface area contributed by atoms with Gasteiger partial charge in [0.2, 0.25) is 0 Å². The second-order valence-electron chi connectivity index (χ2n) is 3.89. The molecule has 0 spiro atoms. The molecule has 14 heavy (non-hydrogen) atoms. The first-order valence-electron chi connectivity index (χ1n) is 5.29. The molecule has 86 valence electrons. The lowest BCUT2D eigenvalue weighted by Crippen LogP contribution is -2.34. The number of nitrogens with one attached hydrogen (secondary N) is 1. The van der Waals surface area contributed by atoms with E-state index in [0.717, 1.165) is 19.3 Å². The molecule has 0 heterocycles. The van der Waals surface area contributed by atoms with Gasteiger partial charge in [0.1, 0.15) is 9.84 Å². The summed E-state index contributed by atoms with van der Waals surface area (Å²) in [4.78, 5) is 0. The van der Waals surface area contributed by atoms with Crippen molar-refractivity contribution in [3.8, 4) is 0 Å². The van der Waals surface area contributed by atoms with E-state index in [9.17, 15) is 8.42 Å². The van der Waals surface area contributed by atoms with Gasteiger partial charge in [0.05, 0.1) is 5.75 Å². The highest BCUT2D eigenvalue weighted by atomic mass is 32.2. The fraction of sp³-hybridized carbons (Fsp3) is 1.00. The summed E-state index contributed by atoms with van der Waals surface area (Å²) >= 11 is 0. The minimum Gasteiger partial charge on any atom is -0.317 e. The van der Waals surface area contributed by atoms with Gasteiger partial charge in [-0.1, -0.05) is 26.7 Å². The third-order valence-electron chi connectivity index (χ3n) is 2.79. The van der Waals surface area contributed by atoms with E-state index in [-0.39, 0.29) is 5.75 Å². The average molecular weight is 221 g/mol. The van der Waals surface area contributed by atoms with Crippen molar-refractivity contribution in [1.82, 2.24) is 5.32 Å². The van der Waals surface area contributed by atoms with Crippen molar-refractivity contribution in [3.05, 3.63) is 0 Å². The van der Waals surface area contributed by atoms with Crippen molar-refractivity contribution in [2.24, 2.45) is 5.92 Å². The molecular formula is C10H23NO2S. The zero-order chi connectivity index (χ0) is 11.2. The van der Waals surface area contributed by atoms with E-state index in [1.807, 2.05) is 7.05 Å². The van der Waals surface area contributed by atoms with E-state index in [4.69, 9.17) is 0 Å². The average Bonchev–Trinajstić information content (AvgIpc) is 2.10. The third-order valence-corrected chi connectivity index (χ3v) is 3.77. The summed E-state index contributed by atoms with van der Waals surface area (Å²) in [6, 6.07) is 0.333. The summed E-state index contributed by atoms with van der Waals surface area (Å²) in [6.07, 6.45) is 4.23. The van der Waals surface area contributed by atoms with Crippen LogP contribution in [0.1, 0.15) is 33.1 Å². The van der Waals surface area contributed by atoms with Gasteiger partial charge in [-0.3, -0.25) is 0 Å². The van der Waals surface area contributed by atoms with Crippen molar-refractivity contribution >= 4 is 9.84 Å². The van der Waals surface area contributed by atoms with E-state index >= 15 is 0 Å². The molecule has 4 heteroatoms. The first-order chi connectivity index (χ1) is 6.44. The maximum absolute atomic E-state index is 11.0. The molecule has 0 aromatic carbocycles. The van der Waals surface area contributed by atoms with Crippen LogP contribution in [0, 0.1) is 5.92 Å². The number of rotatable bonds is 7. The van der Waals surface area contributed by atoms with Crippen LogP contribution in [0.25, 0.3) is 0 Å². The predicted octanol–water partition coefficient (Wildman–Crippen LogP) is 1.45. The molecule has 1 N–H and O–H groups in total. The van der Waals surface area contributed by atoms with Crippen LogP contribution < -0.4 is 5.32 Å². The molecule has 0 saturated heterocycles. The molecule has 1 atom stereocenters. The van der Waals surface area contributed by atoms with Gasteiger partial charge in [0.25, 0.3) is 0 Å². The maximum Gasteiger partial charge on any atom is 0.147 e. The summed E-state index contributed by atoms with van der Waals surface area (Å²) in [5.41, 5.74) is 0. The SMILES string of the molecule is CCC(CC)C(CCS(C)(=O)=O)NC. The number of hydrogen-bond acceptors (Lipinski definition) is 3. The Morgan fingerprint density at radius 3 is 2.00 bits per heavy atom. The van der Waals surface area contributed by atoms with Gasteiger partial charge in [-0.15, -0.1) is 0 Å². The van der Waals surface area contributed by atoms with Gasteiger partial charge >= 0.3 is 0 Å². The fourth-order valence-electron chi connectivity index (χ4n) is 1.81. The van der Waals surface area contributed by atoms with Crippen LogP contribution in [-0.4, -0.2) is 33.5 Å². The highest BCUT2D eigenvalue weighted by Gasteiger charge is 2.17. The summed E-state index contributed by atoms with van der Waals surface area (Å²) in [6.45, 7) is 4.30. The smallest absolute Gasteiger partial charge is 0.147 e. The number of sulfone groups is 1. The minimum atomic E-state index is -2.82. The lowest BCUT2D eigenvalue weighted by molar-refractivity contribution is 0.343. The van der Waals surface area contributed by atoms with E-state index < -0.39 is 9.84 Å². The van der Waals surface area contributed by atoms with Crippen molar-refractivity contribution < 1.29 is 8.42 Å². The quantitative estimate of drug-likeness (QED) is 0.707. The van der Waals surface area contributed by atoms with Gasteiger partial charge in [-0.25, -0.2) is 8.42 Å². The highest BCUT2D eigenvalue weighted by molar-refractivity contribution is 7.90. The largest absolute Gasteiger partial charge is 0.317 e. The highest BCUT2D eigenvalue weighted by Crippen LogP contribution is 2.16. The fourth-order valence-corrected chi connectivity index (χ4v) is 2.50. The van der Waals surface area contributed by atoms with Gasteiger partial charge < -0.3 is 5.32 Å². The van der Waals surface area contributed by atoms with E-state index in [1.54, 1.807) is 0 Å². The summed E-state index contributed by atoms with van der Waals surface area (Å²) in [5.74, 6) is 0.872. The Bertz CT molecular complexity index is 233. The van der Waals surface area contributed by atoms with Crippen LogP contribution in [-0.2, 0) is 9.84 Å². The second kappa shape index (κ2) is 6.40. The Morgan fingerprint density at radius 1 is 1.21 bits per heavy atom. The summed E-state index contributed by atoms with van der Waals surface area (Å²) in [5, 5.41) is 3.21. The molecule has 0 rings (SSSR count). The van der Waals surface area contributed by atoms with Crippen LogP contribution in [0.4, 0.5) is 0 Å². The Morgan fingerprint density at radius 2 is 1.71 bits per heavy atom. The maximum atomic E-state index is 11.0. The summed E-state index contributed by atoms with van der Waals surface area (Å²) < 4.78 is 22.0. The van der Waals surface area contributed by atoms with E-state index in [2.05, 4.69) is 19.2 Å². The van der Waals surface area contributed by atoms with Crippen LogP contribution in [0.15, 0.2) is 0 Å². The molecule has 0 amide bonds. The van der Waals surface area contributed by atoms with Crippen molar-refractivity contribution in [2.45, 2.75) is 39.2 Å². The van der Waals surface area contributed by atoms with Crippen LogP contribution in [0.2, 0.25) is 0 Å². The molecule has 0 aromatic heterocycles. The molecule has 1 unspecified atom stereocenters. The van der Waals surface area contributed by atoms with Gasteiger partial charge in [-0.2, -0.15) is 0 Å². The minimum absolute atomic E-state index is 0.287. The van der Waals surface area contributed by atoms with Crippen molar-refractivity contribution in [3.63, 3.8) is 0 Å². The first kappa shape index (κ1) is 13.9. The zero-order valence-corrected chi connectivity index (χ0v) is 10.5. The predicted molar refractivity (Wildman–Crippen MR) is 61.2 cm³/mol. The molecule has 0 fully saturated rings. The molecule has 0 aliphatic heterocycles. The van der Waals surface area contributed by atoms with E-state index in [1.165, 1.54) is 6.26 Å². The van der Waals surface area contributed by atoms with Gasteiger partial charge in [-0.05, 0) is 19.4 Å². The molecule has 0 aliphatic carbocycles. The molecule has 3 nitrogen and oxygen atoms in total. The molecule has 0 saturated carbocycles. The molecular weight excluding hydrogens is 198 g/mol. The Labute approximate surface area is 88.2 Å². The Balaban J connectivity index is 4.14. The lowest BCUT2D eigenvalue weighted by atomic mass is 9.92. The van der Waals surface area contributed by atoms with Crippen LogP contribution in [0.5, 0.6) is 0 Å². The second-order valence-corrected chi connectivity index (χ2v) is 6.15. The first-order valence-corrected chi connectivity index (χ1v) is 7.35. The van der Waals surface area contributed by atoms with E-state index in [0.29, 0.717) is 12.0 Å². The number of hydrogen-bond donors (Lipinski definition) is 1. The topological polar surface area (TPSA) is 46.2 Å². The molecule has 0 bridgehead atoms. The lowest BCUT2D eigenvalue weighted by Gasteiger charge is -2.24. The van der Waals surface area contributed by atoms with Crippen molar-refractivity contribution in [1.29, 1.82) is 0 Å². The summed E-state index contributed by atoms with van der Waals surface area (Å²) in [7, 11) is -0.911. The third kappa shape index (κ3) is 5.60. The Hall–Kier alpha value is -0.0900. The van der Waals surface area contributed by atoms with Crippen molar-refractivity contribution in [2.75, 3.05) is 19.1 Å².